The van der Waals surface area contributed by atoms with E-state index in [9.17, 15) is 19.2 Å². The molecule has 2 atom stereocenters. The first-order valence-electron chi connectivity index (χ1n) is 14.7. The number of ether oxygens (including phenoxy) is 4. The maximum atomic E-state index is 13.1. The number of halogens is 6. The molecule has 0 saturated heterocycles. The van der Waals surface area contributed by atoms with Crippen molar-refractivity contribution in [1.82, 2.24) is 0 Å². The average Bonchev–Trinajstić information content (AvgIpc) is 2.98. The van der Waals surface area contributed by atoms with Gasteiger partial charge in [-0.3, -0.25) is 0 Å². The number of rotatable bonds is 14. The van der Waals surface area contributed by atoms with E-state index in [0.29, 0.717) is 36.5 Å². The second kappa shape index (κ2) is 18.6. The lowest BCUT2D eigenvalue weighted by Gasteiger charge is -2.19. The summed E-state index contributed by atoms with van der Waals surface area (Å²) in [7, 11) is 0. The molecule has 0 N–H and O–H groups in total. The Morgan fingerprint density at radius 1 is 0.587 bits per heavy atom. The molecule has 2 unspecified atom stereocenters. The molecule has 0 spiro atoms. The van der Waals surface area contributed by atoms with Crippen molar-refractivity contribution in [3.63, 3.8) is 0 Å². The van der Waals surface area contributed by atoms with Gasteiger partial charge >= 0.3 is 23.9 Å². The van der Waals surface area contributed by atoms with Crippen molar-refractivity contribution in [2.45, 2.75) is 67.2 Å². The molecular formula is C32H36Cl6O8. The van der Waals surface area contributed by atoms with Gasteiger partial charge < -0.3 is 18.9 Å². The molecule has 2 rings (SSSR count). The molecule has 0 aliphatic carbocycles. The molecule has 0 radical (unpaired) electrons. The van der Waals surface area contributed by atoms with E-state index in [4.69, 9.17) is 88.6 Å². The van der Waals surface area contributed by atoms with Crippen molar-refractivity contribution in [2.24, 2.45) is 23.7 Å². The summed E-state index contributed by atoms with van der Waals surface area (Å²) in [6.07, 6.45) is 2.89. The highest BCUT2D eigenvalue weighted by Gasteiger charge is 2.32. The predicted octanol–water partition coefficient (Wildman–Crippen LogP) is 10.6. The van der Waals surface area contributed by atoms with Crippen molar-refractivity contribution in [2.75, 3.05) is 13.2 Å². The number of hydrogen-bond acceptors (Lipinski definition) is 8. The van der Waals surface area contributed by atoms with Crippen LogP contribution >= 0.6 is 69.6 Å². The summed E-state index contributed by atoms with van der Waals surface area (Å²) in [4.78, 5) is 52.0. The van der Waals surface area contributed by atoms with Gasteiger partial charge in [0.25, 0.3) is 0 Å². The maximum absolute atomic E-state index is 13.1. The summed E-state index contributed by atoms with van der Waals surface area (Å²) in [5.74, 6) is -5.13. The fourth-order valence-corrected chi connectivity index (χ4v) is 6.20. The molecule has 0 aromatic heterocycles. The minimum atomic E-state index is -1.65. The van der Waals surface area contributed by atoms with E-state index in [2.05, 4.69) is 27.7 Å². The minimum Gasteiger partial charge on any atom is -0.462 e. The lowest BCUT2D eigenvalue weighted by molar-refractivity contribution is -0.156. The van der Waals surface area contributed by atoms with Crippen LogP contribution in [0.25, 0.3) is 0 Å². The Labute approximate surface area is 299 Å². The summed E-state index contributed by atoms with van der Waals surface area (Å²) in [5, 5.41) is -1.52. The number of benzene rings is 2. The third-order valence-corrected chi connectivity index (χ3v) is 9.73. The summed E-state index contributed by atoms with van der Waals surface area (Å²) in [5.41, 5.74) is -0.942. The van der Waals surface area contributed by atoms with Gasteiger partial charge in [0, 0.05) is 0 Å². The first-order valence-corrected chi connectivity index (χ1v) is 16.9. The Kier molecular flexibility index (Phi) is 16.2. The number of carbonyl (C=O) groups is 4. The molecule has 14 heteroatoms. The SMILES string of the molecule is CCC(CCOC(=O)c1c(Cl)c(Cl)cc(Cl)c1OC(=O)C(=O)Oc1c(Cl)cc(Cl)c(Cl)c1C(=O)OCCC(CC)C(C)C)C(C)C. The van der Waals surface area contributed by atoms with E-state index in [0.717, 1.165) is 25.0 Å². The molecule has 0 heterocycles. The van der Waals surface area contributed by atoms with Gasteiger partial charge in [0.2, 0.25) is 0 Å². The molecule has 0 bridgehead atoms. The monoisotopic (exact) mass is 758 g/mol. The maximum Gasteiger partial charge on any atom is 0.423 e. The van der Waals surface area contributed by atoms with E-state index in [-0.39, 0.29) is 43.3 Å². The van der Waals surface area contributed by atoms with Crippen LogP contribution in [0, 0.1) is 23.7 Å². The van der Waals surface area contributed by atoms with Gasteiger partial charge in [0.1, 0.15) is 11.1 Å². The van der Waals surface area contributed by atoms with Gasteiger partial charge in [-0.15, -0.1) is 0 Å². The first-order chi connectivity index (χ1) is 21.5. The largest absolute Gasteiger partial charge is 0.462 e. The molecule has 2 aromatic rings. The summed E-state index contributed by atoms with van der Waals surface area (Å²) in [6, 6.07) is 2.24. The summed E-state index contributed by atoms with van der Waals surface area (Å²) < 4.78 is 21.1. The van der Waals surface area contributed by atoms with Crippen LogP contribution in [0.2, 0.25) is 30.1 Å². The van der Waals surface area contributed by atoms with Crippen LogP contribution in [0.5, 0.6) is 11.5 Å². The lowest BCUT2D eigenvalue weighted by Crippen LogP contribution is -2.27. The Bertz CT molecular complexity index is 1340. The minimum absolute atomic E-state index is 0.0384. The molecule has 0 aliphatic heterocycles. The predicted molar refractivity (Wildman–Crippen MR) is 181 cm³/mol. The van der Waals surface area contributed by atoms with Gasteiger partial charge in [0.05, 0.1) is 43.3 Å². The first kappa shape index (κ1) is 40.2. The number of hydrogen-bond donors (Lipinski definition) is 0. The zero-order valence-corrected chi connectivity index (χ0v) is 30.8. The number of esters is 4. The van der Waals surface area contributed by atoms with Gasteiger partial charge in [-0.25, -0.2) is 19.2 Å². The van der Waals surface area contributed by atoms with Gasteiger partial charge in [-0.05, 0) is 48.6 Å². The summed E-state index contributed by atoms with van der Waals surface area (Å²) in [6.45, 7) is 12.4. The molecule has 2 aromatic carbocycles. The van der Waals surface area contributed by atoms with Crippen LogP contribution in [0.15, 0.2) is 12.1 Å². The van der Waals surface area contributed by atoms with Gasteiger partial charge in [0.15, 0.2) is 11.5 Å². The molecule has 0 amide bonds. The third-order valence-electron chi connectivity index (χ3n) is 7.60. The van der Waals surface area contributed by atoms with Crippen LogP contribution < -0.4 is 9.47 Å². The van der Waals surface area contributed by atoms with Crippen molar-refractivity contribution in [3.05, 3.63) is 53.4 Å². The van der Waals surface area contributed by atoms with E-state index < -0.39 is 46.5 Å². The Morgan fingerprint density at radius 2 is 0.913 bits per heavy atom. The summed E-state index contributed by atoms with van der Waals surface area (Å²) >= 11 is 37.3. The van der Waals surface area contributed by atoms with E-state index >= 15 is 0 Å². The fraction of sp³-hybridized carbons (Fsp3) is 0.500. The highest BCUT2D eigenvalue weighted by Crippen LogP contribution is 2.42. The molecule has 254 valence electrons. The zero-order chi connectivity index (χ0) is 34.9. The Morgan fingerprint density at radius 3 is 1.20 bits per heavy atom. The normalized spacial score (nSPS) is 12.6. The second-order valence-electron chi connectivity index (χ2n) is 11.2. The third kappa shape index (κ3) is 10.5. The van der Waals surface area contributed by atoms with Crippen LogP contribution in [0.4, 0.5) is 0 Å². The van der Waals surface area contributed by atoms with Crippen molar-refractivity contribution >= 4 is 93.5 Å². The molecule has 0 saturated carbocycles. The van der Waals surface area contributed by atoms with Crippen LogP contribution in [-0.4, -0.2) is 37.1 Å². The van der Waals surface area contributed by atoms with Crippen LogP contribution in [0.3, 0.4) is 0 Å². The fourth-order valence-electron chi connectivity index (χ4n) is 4.76. The van der Waals surface area contributed by atoms with Crippen molar-refractivity contribution in [1.29, 1.82) is 0 Å². The smallest absolute Gasteiger partial charge is 0.423 e. The van der Waals surface area contributed by atoms with Crippen LogP contribution in [-0.2, 0) is 19.1 Å². The van der Waals surface area contributed by atoms with Crippen LogP contribution in [0.1, 0.15) is 87.9 Å². The Hall–Kier alpha value is -1.94. The van der Waals surface area contributed by atoms with Crippen molar-refractivity contribution in [3.8, 4) is 11.5 Å². The topological polar surface area (TPSA) is 105 Å². The Balaban J connectivity index is 2.32. The molecule has 0 aliphatic rings. The number of carbonyl (C=O) groups excluding carboxylic acids is 4. The standard InChI is InChI=1S/C32H36Cl6O8/c1-7-17(15(3)4)9-11-43-29(39)23-25(37)19(33)13-21(35)27(23)45-31(41)32(42)46-28-22(36)14-20(34)26(38)24(28)30(40)44-12-10-18(8-2)16(5)6/h13-18H,7-12H2,1-6H3. The average molecular weight is 761 g/mol. The van der Waals surface area contributed by atoms with Gasteiger partial charge in [-0.1, -0.05) is 124 Å². The highest BCUT2D eigenvalue weighted by atomic mass is 35.5. The van der Waals surface area contributed by atoms with E-state index in [1.54, 1.807) is 0 Å². The van der Waals surface area contributed by atoms with Gasteiger partial charge in [-0.2, -0.15) is 0 Å². The molecule has 0 fully saturated rings. The lowest BCUT2D eigenvalue weighted by atomic mass is 9.91. The highest BCUT2D eigenvalue weighted by molar-refractivity contribution is 6.47. The molecule has 8 nitrogen and oxygen atoms in total. The zero-order valence-electron chi connectivity index (χ0n) is 26.2. The van der Waals surface area contributed by atoms with E-state index in [1.165, 1.54) is 0 Å². The quantitative estimate of drug-likeness (QED) is 0.0811. The molecular weight excluding hydrogens is 725 g/mol. The second-order valence-corrected chi connectivity index (χ2v) is 13.6. The van der Waals surface area contributed by atoms with E-state index in [1.807, 2.05) is 13.8 Å². The molecule has 46 heavy (non-hydrogen) atoms. The van der Waals surface area contributed by atoms with Crippen molar-refractivity contribution < 1.29 is 38.1 Å².